The molecular formula is C6H6Br2Cl2O2. The lowest BCUT2D eigenvalue weighted by Crippen LogP contribution is -2.25. The van der Waals surface area contributed by atoms with Crippen LogP contribution < -0.4 is 0 Å². The first-order chi connectivity index (χ1) is 5.41. The van der Waals surface area contributed by atoms with Crippen molar-refractivity contribution in [2.75, 3.05) is 0 Å². The van der Waals surface area contributed by atoms with Gasteiger partial charge in [-0.3, -0.25) is 4.79 Å². The first-order valence-corrected chi connectivity index (χ1v) is 5.79. The van der Waals surface area contributed by atoms with E-state index < -0.39 is 8.26 Å². The highest BCUT2D eigenvalue weighted by Crippen LogP contribution is 2.39. The molecule has 1 fully saturated rings. The lowest BCUT2D eigenvalue weighted by atomic mass is 10.4. The molecule has 0 radical (unpaired) electrons. The third kappa shape index (κ3) is 3.40. The van der Waals surface area contributed by atoms with Gasteiger partial charge >= 0.3 is 5.97 Å². The first kappa shape index (κ1) is 11.1. The van der Waals surface area contributed by atoms with Crippen molar-refractivity contribution in [3.8, 4) is 0 Å². The van der Waals surface area contributed by atoms with Crippen LogP contribution in [0.4, 0.5) is 0 Å². The van der Waals surface area contributed by atoms with Gasteiger partial charge in [0, 0.05) is 0 Å². The Balaban J connectivity index is 2.34. The average molecular weight is 341 g/mol. The third-order valence-electron chi connectivity index (χ3n) is 1.39. The molecule has 1 aliphatic rings. The molecule has 0 aliphatic heterocycles. The predicted octanol–water partition coefficient (Wildman–Crippen LogP) is 3.19. The number of carbonyl (C=O) groups excluding carboxylic acids is 1. The second kappa shape index (κ2) is 4.03. The molecule has 0 bridgehead atoms. The van der Waals surface area contributed by atoms with Crippen molar-refractivity contribution in [2.45, 2.75) is 21.1 Å². The van der Waals surface area contributed by atoms with E-state index in [9.17, 15) is 4.79 Å². The summed E-state index contributed by atoms with van der Waals surface area (Å²) in [7, 11) is 0. The Morgan fingerprint density at radius 1 is 1.58 bits per heavy atom. The van der Waals surface area contributed by atoms with Gasteiger partial charge in [-0.05, 0) is 44.7 Å². The Bertz CT molecular complexity index is 188. The van der Waals surface area contributed by atoms with Gasteiger partial charge < -0.3 is 4.74 Å². The van der Waals surface area contributed by atoms with E-state index in [4.69, 9.17) is 27.9 Å². The van der Waals surface area contributed by atoms with E-state index in [1.165, 1.54) is 0 Å². The van der Waals surface area contributed by atoms with Crippen molar-refractivity contribution < 1.29 is 9.53 Å². The van der Waals surface area contributed by atoms with Crippen LogP contribution in [0.25, 0.3) is 0 Å². The molecule has 2 nitrogen and oxygen atoms in total. The fraction of sp³-hybridized carbons (Fsp3) is 0.833. The lowest BCUT2D eigenvalue weighted by Gasteiger charge is -2.18. The molecule has 1 atom stereocenters. The maximum absolute atomic E-state index is 11.1. The maximum atomic E-state index is 11.1. The summed E-state index contributed by atoms with van der Waals surface area (Å²) < 4.78 is 3.64. The first-order valence-electron chi connectivity index (χ1n) is 3.32. The highest BCUT2D eigenvalue weighted by Gasteiger charge is 2.38. The summed E-state index contributed by atoms with van der Waals surface area (Å²) in [5.74, 6) is -0.199. The summed E-state index contributed by atoms with van der Waals surface area (Å²) in [5.41, 5.74) is 0. The zero-order valence-electron chi connectivity index (χ0n) is 5.90. The molecule has 0 amide bonds. The molecule has 0 aromatic heterocycles. The Kier molecular flexibility index (Phi) is 3.72. The zero-order valence-corrected chi connectivity index (χ0v) is 10.6. The summed E-state index contributed by atoms with van der Waals surface area (Å²) in [5, 5.41) is -0.721. The summed E-state index contributed by atoms with van der Waals surface area (Å²) in [4.78, 5) is 11.1. The molecule has 1 aliphatic carbocycles. The van der Waals surface area contributed by atoms with Crippen LogP contribution in [0.1, 0.15) is 12.8 Å². The van der Waals surface area contributed by atoms with Crippen molar-refractivity contribution in [2.24, 2.45) is 5.92 Å². The number of hydrogen-bond donors (Lipinski definition) is 0. The van der Waals surface area contributed by atoms with Crippen LogP contribution in [0.2, 0.25) is 0 Å². The van der Waals surface area contributed by atoms with E-state index in [0.717, 1.165) is 12.8 Å². The normalized spacial score (nSPS) is 20.3. The second-order valence-electron chi connectivity index (χ2n) is 2.57. The van der Waals surface area contributed by atoms with E-state index in [-0.39, 0.29) is 11.9 Å². The topological polar surface area (TPSA) is 26.3 Å². The maximum Gasteiger partial charge on any atom is 0.310 e. The minimum Gasteiger partial charge on any atom is -0.446 e. The van der Waals surface area contributed by atoms with Gasteiger partial charge in [0.2, 0.25) is 3.24 Å². The van der Waals surface area contributed by atoms with Crippen molar-refractivity contribution in [1.82, 2.24) is 0 Å². The number of halogens is 4. The van der Waals surface area contributed by atoms with Crippen LogP contribution in [-0.2, 0) is 9.53 Å². The van der Waals surface area contributed by atoms with Crippen LogP contribution in [0.3, 0.4) is 0 Å². The summed E-state index contributed by atoms with van der Waals surface area (Å²) in [6, 6.07) is 0. The predicted molar refractivity (Wildman–Crippen MR) is 54.9 cm³/mol. The molecule has 0 aromatic carbocycles. The number of rotatable bonds is 3. The van der Waals surface area contributed by atoms with E-state index in [1.54, 1.807) is 0 Å². The fourth-order valence-electron chi connectivity index (χ4n) is 0.584. The van der Waals surface area contributed by atoms with Gasteiger partial charge in [-0.15, -0.1) is 0 Å². The smallest absolute Gasteiger partial charge is 0.310 e. The molecule has 0 spiro atoms. The largest absolute Gasteiger partial charge is 0.446 e. The van der Waals surface area contributed by atoms with Gasteiger partial charge in [-0.25, -0.2) is 0 Å². The molecule has 0 aromatic rings. The van der Waals surface area contributed by atoms with Crippen LogP contribution in [-0.4, -0.2) is 14.2 Å². The minimum absolute atomic E-state index is 0.0493. The number of alkyl halides is 4. The van der Waals surface area contributed by atoms with Crippen LogP contribution in [0.5, 0.6) is 0 Å². The molecule has 0 heterocycles. The second-order valence-corrected chi connectivity index (χ2v) is 6.95. The Morgan fingerprint density at radius 3 is 2.42 bits per heavy atom. The third-order valence-corrected chi connectivity index (χ3v) is 4.22. The summed E-state index contributed by atoms with van der Waals surface area (Å²) >= 11 is 17.2. The molecule has 70 valence electrons. The highest BCUT2D eigenvalue weighted by atomic mass is 79.9. The van der Waals surface area contributed by atoms with Gasteiger partial charge in [-0.1, -0.05) is 23.2 Å². The van der Waals surface area contributed by atoms with Crippen LogP contribution >= 0.6 is 55.1 Å². The SMILES string of the molecule is O=C(OC(Br)C(Cl)(Cl)Br)C1CC1. The van der Waals surface area contributed by atoms with Gasteiger partial charge in [0.05, 0.1) is 5.92 Å². The van der Waals surface area contributed by atoms with E-state index in [1.807, 2.05) is 0 Å². The Labute approximate surface area is 97.2 Å². The number of ether oxygens (including phenoxy) is 1. The van der Waals surface area contributed by atoms with E-state index in [0.29, 0.717) is 0 Å². The quantitative estimate of drug-likeness (QED) is 0.582. The van der Waals surface area contributed by atoms with Crippen molar-refractivity contribution in [3.05, 3.63) is 0 Å². The standard InChI is InChI=1S/C6H6Br2Cl2O2/c7-5(6(8,9)10)12-4(11)3-1-2-3/h3,5H,1-2H2. The lowest BCUT2D eigenvalue weighted by molar-refractivity contribution is -0.146. The number of carbonyl (C=O) groups is 1. The van der Waals surface area contributed by atoms with E-state index in [2.05, 4.69) is 31.9 Å². The molecule has 12 heavy (non-hydrogen) atoms. The monoisotopic (exact) mass is 338 g/mol. The van der Waals surface area contributed by atoms with Crippen LogP contribution in [0, 0.1) is 5.92 Å². The molecule has 6 heteroatoms. The molecular weight excluding hydrogens is 335 g/mol. The highest BCUT2D eigenvalue weighted by molar-refractivity contribution is 9.13. The number of esters is 1. The van der Waals surface area contributed by atoms with Crippen molar-refractivity contribution in [3.63, 3.8) is 0 Å². The zero-order chi connectivity index (χ0) is 9.35. The van der Waals surface area contributed by atoms with Crippen molar-refractivity contribution >= 4 is 61.0 Å². The minimum atomic E-state index is -1.27. The molecule has 1 rings (SSSR count). The summed E-state index contributed by atoms with van der Waals surface area (Å²) in [6.07, 6.45) is 1.80. The van der Waals surface area contributed by atoms with Gasteiger partial charge in [0.25, 0.3) is 0 Å². The summed E-state index contributed by atoms with van der Waals surface area (Å²) in [6.45, 7) is 0. The Morgan fingerprint density at radius 2 is 2.08 bits per heavy atom. The Hall–Kier alpha value is 1.01. The molecule has 1 unspecified atom stereocenters. The number of hydrogen-bond acceptors (Lipinski definition) is 2. The average Bonchev–Trinajstić information content (AvgIpc) is 2.65. The van der Waals surface area contributed by atoms with Gasteiger partial charge in [0.1, 0.15) is 0 Å². The van der Waals surface area contributed by atoms with Crippen molar-refractivity contribution in [1.29, 1.82) is 0 Å². The van der Waals surface area contributed by atoms with Crippen LogP contribution in [0.15, 0.2) is 0 Å². The molecule has 0 N–H and O–H groups in total. The fourth-order valence-corrected chi connectivity index (χ4v) is 0.951. The van der Waals surface area contributed by atoms with E-state index >= 15 is 0 Å². The molecule has 1 saturated carbocycles. The van der Waals surface area contributed by atoms with Gasteiger partial charge in [-0.2, -0.15) is 0 Å². The van der Waals surface area contributed by atoms with Gasteiger partial charge in [0.15, 0.2) is 5.01 Å². The molecule has 0 saturated heterocycles.